The molecule has 0 bridgehead atoms. The van der Waals surface area contributed by atoms with Gasteiger partial charge in [-0.2, -0.15) is 5.10 Å². The first kappa shape index (κ1) is 13.2. The molecule has 0 aliphatic rings. The number of rotatable bonds is 7. The van der Waals surface area contributed by atoms with E-state index in [9.17, 15) is 0 Å². The molecule has 0 aliphatic heterocycles. The van der Waals surface area contributed by atoms with Crippen molar-refractivity contribution in [3.63, 3.8) is 0 Å². The van der Waals surface area contributed by atoms with Gasteiger partial charge >= 0.3 is 0 Å². The number of aryl methyl sites for hydroxylation is 1. The smallest absolute Gasteiger partial charge is 0.0534 e. The summed E-state index contributed by atoms with van der Waals surface area (Å²) in [4.78, 5) is 2.33. The van der Waals surface area contributed by atoms with E-state index in [-0.39, 0.29) is 0 Å². The second-order valence-corrected chi connectivity index (χ2v) is 4.73. The van der Waals surface area contributed by atoms with Crippen LogP contribution in [0.5, 0.6) is 0 Å². The third-order valence-corrected chi connectivity index (χ3v) is 2.66. The summed E-state index contributed by atoms with van der Waals surface area (Å²) in [5, 5.41) is 4.16. The molecule has 16 heavy (non-hydrogen) atoms. The Morgan fingerprint density at radius 1 is 1.50 bits per heavy atom. The van der Waals surface area contributed by atoms with Crippen molar-refractivity contribution in [3.05, 3.63) is 18.0 Å². The third kappa shape index (κ3) is 5.28. The second kappa shape index (κ2) is 6.66. The van der Waals surface area contributed by atoms with Crippen LogP contribution in [0.1, 0.15) is 31.7 Å². The van der Waals surface area contributed by atoms with Gasteiger partial charge in [0.2, 0.25) is 0 Å². The average molecular weight is 224 g/mol. The molecule has 1 heterocycles. The highest BCUT2D eigenvalue weighted by molar-refractivity contribution is 5.02. The lowest BCUT2D eigenvalue weighted by atomic mass is 10.1. The summed E-state index contributed by atoms with van der Waals surface area (Å²) in [5.41, 5.74) is 6.99. The van der Waals surface area contributed by atoms with Gasteiger partial charge in [0, 0.05) is 31.4 Å². The SMILES string of the molecule is CC(N)CCCCN(C)Cc1cnn(C)c1. The zero-order valence-electron chi connectivity index (χ0n) is 10.7. The largest absolute Gasteiger partial charge is 0.328 e. The molecule has 0 aliphatic carbocycles. The highest BCUT2D eigenvalue weighted by Crippen LogP contribution is 2.04. The quantitative estimate of drug-likeness (QED) is 0.712. The lowest BCUT2D eigenvalue weighted by molar-refractivity contribution is 0.316. The highest BCUT2D eigenvalue weighted by atomic mass is 15.2. The van der Waals surface area contributed by atoms with Gasteiger partial charge in [-0.3, -0.25) is 4.68 Å². The molecule has 2 N–H and O–H groups in total. The van der Waals surface area contributed by atoms with Crippen molar-refractivity contribution in [1.29, 1.82) is 0 Å². The van der Waals surface area contributed by atoms with E-state index < -0.39 is 0 Å². The van der Waals surface area contributed by atoms with Gasteiger partial charge in [-0.15, -0.1) is 0 Å². The van der Waals surface area contributed by atoms with Crippen molar-refractivity contribution >= 4 is 0 Å². The summed E-state index contributed by atoms with van der Waals surface area (Å²) in [6.45, 7) is 4.17. The predicted molar refractivity (Wildman–Crippen MR) is 67.0 cm³/mol. The Labute approximate surface area is 98.4 Å². The molecule has 1 rings (SSSR count). The normalized spacial score (nSPS) is 13.3. The first-order chi connectivity index (χ1) is 7.58. The maximum Gasteiger partial charge on any atom is 0.0534 e. The average Bonchev–Trinajstić information content (AvgIpc) is 2.58. The molecule has 0 aromatic carbocycles. The summed E-state index contributed by atoms with van der Waals surface area (Å²) < 4.78 is 1.85. The van der Waals surface area contributed by atoms with Crippen molar-refractivity contribution in [3.8, 4) is 0 Å². The van der Waals surface area contributed by atoms with E-state index in [2.05, 4.69) is 30.2 Å². The van der Waals surface area contributed by atoms with Gasteiger partial charge in [0.25, 0.3) is 0 Å². The highest BCUT2D eigenvalue weighted by Gasteiger charge is 2.02. The van der Waals surface area contributed by atoms with Crippen LogP contribution in [0.3, 0.4) is 0 Å². The van der Waals surface area contributed by atoms with Gasteiger partial charge in [0.1, 0.15) is 0 Å². The minimum atomic E-state index is 0.337. The van der Waals surface area contributed by atoms with Crippen LogP contribution < -0.4 is 5.73 Å². The van der Waals surface area contributed by atoms with Crippen molar-refractivity contribution in [2.45, 2.75) is 38.8 Å². The molecule has 92 valence electrons. The molecular formula is C12H24N4. The van der Waals surface area contributed by atoms with Crippen LogP contribution in [0.25, 0.3) is 0 Å². The van der Waals surface area contributed by atoms with Crippen LogP contribution in [0, 0.1) is 0 Å². The molecule has 0 fully saturated rings. The molecule has 1 atom stereocenters. The summed E-state index contributed by atoms with van der Waals surface area (Å²) in [6, 6.07) is 0.337. The van der Waals surface area contributed by atoms with Gasteiger partial charge in [-0.1, -0.05) is 6.42 Å². The molecule has 0 spiro atoms. The maximum atomic E-state index is 5.71. The lowest BCUT2D eigenvalue weighted by Crippen LogP contribution is -2.20. The van der Waals surface area contributed by atoms with Gasteiger partial charge < -0.3 is 10.6 Å². The molecule has 0 radical (unpaired) electrons. The van der Waals surface area contributed by atoms with Gasteiger partial charge in [0.05, 0.1) is 6.20 Å². The Balaban J connectivity index is 2.13. The predicted octanol–water partition coefficient (Wildman–Crippen LogP) is 1.37. The van der Waals surface area contributed by atoms with Crippen molar-refractivity contribution in [1.82, 2.24) is 14.7 Å². The Hall–Kier alpha value is -0.870. The molecule has 1 aromatic heterocycles. The number of aromatic nitrogens is 2. The summed E-state index contributed by atoms with van der Waals surface area (Å²) in [5.74, 6) is 0. The van der Waals surface area contributed by atoms with Crippen molar-refractivity contribution in [2.24, 2.45) is 12.8 Å². The van der Waals surface area contributed by atoms with Gasteiger partial charge in [-0.05, 0) is 33.4 Å². The maximum absolute atomic E-state index is 5.71. The van der Waals surface area contributed by atoms with Gasteiger partial charge in [0.15, 0.2) is 0 Å². The summed E-state index contributed by atoms with van der Waals surface area (Å²) in [6.07, 6.45) is 7.56. The van der Waals surface area contributed by atoms with E-state index in [0.717, 1.165) is 19.5 Å². The fourth-order valence-electron chi connectivity index (χ4n) is 1.79. The first-order valence-electron chi connectivity index (χ1n) is 5.99. The standard InChI is InChI=1S/C12H24N4/c1-11(13)6-4-5-7-15(2)9-12-8-14-16(3)10-12/h8,10-11H,4-7,9,13H2,1-3H3. The minimum absolute atomic E-state index is 0.337. The van der Waals surface area contributed by atoms with Crippen LogP contribution in [-0.4, -0.2) is 34.3 Å². The van der Waals surface area contributed by atoms with E-state index in [1.54, 1.807) is 0 Å². The zero-order chi connectivity index (χ0) is 12.0. The summed E-state index contributed by atoms with van der Waals surface area (Å²) >= 11 is 0. The van der Waals surface area contributed by atoms with Crippen LogP contribution in [0.2, 0.25) is 0 Å². The molecule has 0 amide bonds. The van der Waals surface area contributed by atoms with Crippen LogP contribution in [-0.2, 0) is 13.6 Å². The first-order valence-corrected chi connectivity index (χ1v) is 5.99. The van der Waals surface area contributed by atoms with Crippen molar-refractivity contribution < 1.29 is 0 Å². The second-order valence-electron chi connectivity index (χ2n) is 4.73. The fraction of sp³-hybridized carbons (Fsp3) is 0.750. The minimum Gasteiger partial charge on any atom is -0.328 e. The molecule has 1 unspecified atom stereocenters. The molecule has 0 saturated carbocycles. The number of nitrogens with two attached hydrogens (primary N) is 1. The zero-order valence-corrected chi connectivity index (χ0v) is 10.7. The Bertz CT molecular complexity index is 293. The fourth-order valence-corrected chi connectivity index (χ4v) is 1.79. The number of unbranched alkanes of at least 4 members (excludes halogenated alkanes) is 1. The number of hydrogen-bond acceptors (Lipinski definition) is 3. The molecule has 4 nitrogen and oxygen atoms in total. The Morgan fingerprint density at radius 2 is 2.25 bits per heavy atom. The third-order valence-electron chi connectivity index (χ3n) is 2.66. The van der Waals surface area contributed by atoms with Crippen LogP contribution >= 0.6 is 0 Å². The monoisotopic (exact) mass is 224 g/mol. The molecular weight excluding hydrogens is 200 g/mol. The lowest BCUT2D eigenvalue weighted by Gasteiger charge is -2.15. The van der Waals surface area contributed by atoms with Gasteiger partial charge in [-0.25, -0.2) is 0 Å². The Kier molecular flexibility index (Phi) is 5.49. The topological polar surface area (TPSA) is 47.1 Å². The van der Waals surface area contributed by atoms with E-state index in [0.29, 0.717) is 6.04 Å². The Morgan fingerprint density at radius 3 is 2.81 bits per heavy atom. The molecule has 4 heteroatoms. The number of nitrogens with zero attached hydrogens (tertiary/aromatic N) is 3. The summed E-state index contributed by atoms with van der Waals surface area (Å²) in [7, 11) is 4.10. The van der Waals surface area contributed by atoms with Crippen molar-refractivity contribution in [2.75, 3.05) is 13.6 Å². The van der Waals surface area contributed by atoms with Crippen LogP contribution in [0.4, 0.5) is 0 Å². The molecule has 1 aromatic rings. The van der Waals surface area contributed by atoms with E-state index >= 15 is 0 Å². The van der Waals surface area contributed by atoms with E-state index in [1.807, 2.05) is 17.9 Å². The van der Waals surface area contributed by atoms with Crippen LogP contribution in [0.15, 0.2) is 12.4 Å². The van der Waals surface area contributed by atoms with E-state index in [1.165, 1.54) is 18.4 Å². The number of hydrogen-bond donors (Lipinski definition) is 1. The van der Waals surface area contributed by atoms with E-state index in [4.69, 9.17) is 5.73 Å². The molecule has 0 saturated heterocycles.